The molecule has 0 unspecified atom stereocenters. The van der Waals surface area contributed by atoms with Crippen LogP contribution in [-0.2, 0) is 0 Å². The van der Waals surface area contributed by atoms with Crippen LogP contribution in [0.1, 0.15) is 5.56 Å². The molecule has 2 aromatic rings. The summed E-state index contributed by atoms with van der Waals surface area (Å²) >= 11 is 0. The molecule has 0 saturated carbocycles. The van der Waals surface area contributed by atoms with Crippen molar-refractivity contribution in [3.63, 3.8) is 0 Å². The first-order valence-electron chi connectivity index (χ1n) is 5.49. The van der Waals surface area contributed by atoms with Gasteiger partial charge in [-0.15, -0.1) is 0 Å². The fraction of sp³-hybridized carbons (Fsp3) is 0.0714. The van der Waals surface area contributed by atoms with Crippen LogP contribution in [-0.4, -0.2) is 12.0 Å². The van der Waals surface area contributed by atoms with Gasteiger partial charge in [0.2, 0.25) is 0 Å². The molecule has 0 aliphatic carbocycles. The minimum Gasteiger partial charge on any atom is -0.497 e. The van der Waals surface area contributed by atoms with Gasteiger partial charge < -0.3 is 4.74 Å². The molecule has 0 aliphatic heterocycles. The Kier molecular flexibility index (Phi) is 3.44. The maximum absolute atomic E-state index is 11.1. The first-order valence-corrected chi connectivity index (χ1v) is 5.49. The zero-order valence-electron chi connectivity index (χ0n) is 10.2. The number of nitro benzene ring substituents is 1. The molecule has 0 amide bonds. The minimum absolute atomic E-state index is 0.0794. The van der Waals surface area contributed by atoms with Crippen LogP contribution in [0.25, 0.3) is 11.1 Å². The van der Waals surface area contributed by atoms with E-state index in [1.807, 2.05) is 6.07 Å². The van der Waals surface area contributed by atoms with Gasteiger partial charge in [0.05, 0.1) is 23.2 Å². The lowest BCUT2D eigenvalue weighted by molar-refractivity contribution is -0.384. The normalized spacial score (nSPS) is 9.68. The highest BCUT2D eigenvalue weighted by atomic mass is 16.6. The third kappa shape index (κ3) is 2.38. The van der Waals surface area contributed by atoms with E-state index in [1.165, 1.54) is 12.1 Å². The van der Waals surface area contributed by atoms with Crippen LogP contribution in [0.4, 0.5) is 5.69 Å². The molecular formula is C14H10N2O3. The number of ether oxygens (including phenoxy) is 1. The van der Waals surface area contributed by atoms with Crippen molar-refractivity contribution in [3.05, 3.63) is 58.1 Å². The van der Waals surface area contributed by atoms with Crippen LogP contribution < -0.4 is 4.74 Å². The second-order valence-corrected chi connectivity index (χ2v) is 3.80. The van der Waals surface area contributed by atoms with Crippen LogP contribution in [0, 0.1) is 21.4 Å². The summed E-state index contributed by atoms with van der Waals surface area (Å²) in [5.41, 5.74) is 1.14. The molecule has 0 heterocycles. The number of rotatable bonds is 3. The molecule has 19 heavy (non-hydrogen) atoms. The largest absolute Gasteiger partial charge is 0.497 e. The van der Waals surface area contributed by atoms with Crippen molar-refractivity contribution in [2.75, 3.05) is 7.11 Å². The van der Waals surface area contributed by atoms with Crippen molar-refractivity contribution >= 4 is 5.69 Å². The molecular weight excluding hydrogens is 244 g/mol. The Hall–Kier alpha value is -2.87. The van der Waals surface area contributed by atoms with Crippen LogP contribution in [0.15, 0.2) is 42.5 Å². The maximum atomic E-state index is 11.1. The Bertz CT molecular complexity index is 657. The Labute approximate surface area is 109 Å². The molecule has 0 aliphatic rings. The van der Waals surface area contributed by atoms with Crippen molar-refractivity contribution in [1.29, 1.82) is 5.26 Å². The van der Waals surface area contributed by atoms with Gasteiger partial charge in [0, 0.05) is 6.07 Å². The number of nitro groups is 1. The highest BCUT2D eigenvalue weighted by Crippen LogP contribution is 2.33. The molecule has 5 nitrogen and oxygen atoms in total. The molecule has 94 valence electrons. The van der Waals surface area contributed by atoms with Crippen molar-refractivity contribution in [2.24, 2.45) is 0 Å². The Balaban J connectivity index is 2.65. The van der Waals surface area contributed by atoms with E-state index >= 15 is 0 Å². The van der Waals surface area contributed by atoms with Gasteiger partial charge in [-0.1, -0.05) is 18.2 Å². The standard InChI is InChI=1S/C14H10N2O3/c1-19-12-7-5-10(6-8-12)14-11(9-15)3-2-4-13(14)16(17)18/h2-8H,1H3. The highest BCUT2D eigenvalue weighted by Gasteiger charge is 2.18. The summed E-state index contributed by atoms with van der Waals surface area (Å²) in [6.45, 7) is 0. The molecule has 0 radical (unpaired) electrons. The fourth-order valence-corrected chi connectivity index (χ4v) is 1.85. The molecule has 2 aromatic carbocycles. The van der Waals surface area contributed by atoms with Gasteiger partial charge in [0.25, 0.3) is 5.69 Å². The van der Waals surface area contributed by atoms with Crippen LogP contribution >= 0.6 is 0 Å². The molecule has 0 fully saturated rings. The molecule has 0 bridgehead atoms. The molecule has 0 aromatic heterocycles. The molecule has 0 spiro atoms. The molecule has 0 N–H and O–H groups in total. The van der Waals surface area contributed by atoms with Gasteiger partial charge in [-0.3, -0.25) is 10.1 Å². The molecule has 5 heteroatoms. The van der Waals surface area contributed by atoms with Crippen molar-refractivity contribution in [2.45, 2.75) is 0 Å². The third-order valence-corrected chi connectivity index (χ3v) is 2.74. The van der Waals surface area contributed by atoms with Gasteiger partial charge in [-0.2, -0.15) is 5.26 Å². The number of hydrogen-bond acceptors (Lipinski definition) is 4. The van der Waals surface area contributed by atoms with Gasteiger partial charge in [-0.25, -0.2) is 0 Å². The van der Waals surface area contributed by atoms with E-state index in [9.17, 15) is 10.1 Å². The Morgan fingerprint density at radius 2 is 1.89 bits per heavy atom. The average Bonchev–Trinajstić information content (AvgIpc) is 2.46. The first-order chi connectivity index (χ1) is 9.17. The number of methoxy groups -OCH3 is 1. The van der Waals surface area contributed by atoms with Gasteiger partial charge in [-0.05, 0) is 23.8 Å². The summed E-state index contributed by atoms with van der Waals surface area (Å²) in [7, 11) is 1.54. The van der Waals surface area contributed by atoms with E-state index in [-0.39, 0.29) is 11.3 Å². The predicted octanol–water partition coefficient (Wildman–Crippen LogP) is 3.14. The zero-order chi connectivity index (χ0) is 13.8. The van der Waals surface area contributed by atoms with Crippen LogP contribution in [0.5, 0.6) is 5.75 Å². The lowest BCUT2D eigenvalue weighted by atomic mass is 9.98. The third-order valence-electron chi connectivity index (χ3n) is 2.74. The smallest absolute Gasteiger partial charge is 0.278 e. The Morgan fingerprint density at radius 3 is 2.42 bits per heavy atom. The van der Waals surface area contributed by atoms with Crippen LogP contribution in [0.3, 0.4) is 0 Å². The van der Waals surface area contributed by atoms with E-state index in [1.54, 1.807) is 37.4 Å². The van der Waals surface area contributed by atoms with Gasteiger partial charge in [0.15, 0.2) is 0 Å². The SMILES string of the molecule is COc1ccc(-c2c(C#N)cccc2[N+](=O)[O-])cc1. The van der Waals surface area contributed by atoms with Gasteiger partial charge in [0.1, 0.15) is 11.8 Å². The van der Waals surface area contributed by atoms with E-state index in [4.69, 9.17) is 10.00 Å². The molecule has 2 rings (SSSR count). The zero-order valence-corrected chi connectivity index (χ0v) is 10.2. The monoisotopic (exact) mass is 254 g/mol. The number of nitriles is 1. The first kappa shape index (κ1) is 12.6. The van der Waals surface area contributed by atoms with Crippen molar-refractivity contribution in [1.82, 2.24) is 0 Å². The number of hydrogen-bond donors (Lipinski definition) is 0. The fourth-order valence-electron chi connectivity index (χ4n) is 1.85. The van der Waals surface area contributed by atoms with E-state index in [2.05, 4.69) is 0 Å². The second-order valence-electron chi connectivity index (χ2n) is 3.80. The number of nitrogens with zero attached hydrogens (tertiary/aromatic N) is 2. The maximum Gasteiger partial charge on any atom is 0.278 e. The highest BCUT2D eigenvalue weighted by molar-refractivity contribution is 5.79. The summed E-state index contributed by atoms with van der Waals surface area (Å²) in [5, 5.41) is 20.1. The molecule has 0 saturated heterocycles. The lowest BCUT2D eigenvalue weighted by Crippen LogP contribution is -1.95. The lowest BCUT2D eigenvalue weighted by Gasteiger charge is -2.06. The summed E-state index contributed by atoms with van der Waals surface area (Å²) in [6, 6.07) is 13.2. The predicted molar refractivity (Wildman–Crippen MR) is 69.8 cm³/mol. The van der Waals surface area contributed by atoms with Crippen LogP contribution in [0.2, 0.25) is 0 Å². The second kappa shape index (κ2) is 5.19. The summed E-state index contributed by atoms with van der Waals surface area (Å²) in [4.78, 5) is 10.6. The van der Waals surface area contributed by atoms with Gasteiger partial charge >= 0.3 is 0 Å². The summed E-state index contributed by atoms with van der Waals surface area (Å²) in [6.07, 6.45) is 0. The van der Waals surface area contributed by atoms with Crippen molar-refractivity contribution < 1.29 is 9.66 Å². The molecule has 0 atom stereocenters. The van der Waals surface area contributed by atoms with E-state index in [0.717, 1.165) is 0 Å². The summed E-state index contributed by atoms with van der Waals surface area (Å²) < 4.78 is 5.04. The van der Waals surface area contributed by atoms with E-state index in [0.29, 0.717) is 16.9 Å². The average molecular weight is 254 g/mol. The van der Waals surface area contributed by atoms with E-state index < -0.39 is 4.92 Å². The number of benzene rings is 2. The summed E-state index contributed by atoms with van der Waals surface area (Å²) in [5.74, 6) is 0.654. The quantitative estimate of drug-likeness (QED) is 0.622. The minimum atomic E-state index is -0.486. The Morgan fingerprint density at radius 1 is 1.21 bits per heavy atom. The van der Waals surface area contributed by atoms with Crippen molar-refractivity contribution in [3.8, 4) is 22.9 Å². The topological polar surface area (TPSA) is 76.2 Å².